The predicted molar refractivity (Wildman–Crippen MR) is 77.9 cm³/mol. The second-order valence-electron chi connectivity index (χ2n) is 4.68. The molecule has 0 spiro atoms. The number of benzene rings is 1. The van der Waals surface area contributed by atoms with Crippen LogP contribution in [0.15, 0.2) is 24.3 Å². The highest BCUT2D eigenvalue weighted by atomic mass is 35.5. The summed E-state index contributed by atoms with van der Waals surface area (Å²) in [4.78, 5) is 0. The minimum absolute atomic E-state index is 0.715. The van der Waals surface area contributed by atoms with E-state index in [1.54, 1.807) is 0 Å². The Labute approximate surface area is 113 Å². The van der Waals surface area contributed by atoms with Crippen LogP contribution >= 0.6 is 23.4 Å². The first-order valence-electron chi connectivity index (χ1n) is 6.32. The molecule has 2 unspecified atom stereocenters. The van der Waals surface area contributed by atoms with Crippen molar-refractivity contribution in [2.75, 3.05) is 7.05 Å². The van der Waals surface area contributed by atoms with Gasteiger partial charge in [0.05, 0.1) is 0 Å². The molecular formula is C14H20ClNS. The van der Waals surface area contributed by atoms with Gasteiger partial charge >= 0.3 is 0 Å². The minimum Gasteiger partial charge on any atom is -0.317 e. The summed E-state index contributed by atoms with van der Waals surface area (Å²) in [6.07, 6.45) is 5.34. The van der Waals surface area contributed by atoms with Crippen molar-refractivity contribution in [1.29, 1.82) is 0 Å². The third-order valence-corrected chi connectivity index (χ3v) is 5.21. The Balaban J connectivity index is 1.84. The van der Waals surface area contributed by atoms with Crippen LogP contribution < -0.4 is 5.32 Å². The highest BCUT2D eigenvalue weighted by Gasteiger charge is 2.21. The van der Waals surface area contributed by atoms with E-state index in [1.165, 1.54) is 31.2 Å². The van der Waals surface area contributed by atoms with Gasteiger partial charge in [-0.1, -0.05) is 36.2 Å². The van der Waals surface area contributed by atoms with Gasteiger partial charge < -0.3 is 5.32 Å². The van der Waals surface area contributed by atoms with Crippen LogP contribution in [0.3, 0.4) is 0 Å². The van der Waals surface area contributed by atoms with Crippen LogP contribution in [-0.4, -0.2) is 18.3 Å². The fraction of sp³-hybridized carbons (Fsp3) is 0.571. The molecule has 0 saturated heterocycles. The van der Waals surface area contributed by atoms with Crippen LogP contribution in [-0.2, 0) is 5.75 Å². The van der Waals surface area contributed by atoms with E-state index in [0.717, 1.165) is 16.0 Å². The van der Waals surface area contributed by atoms with E-state index in [0.29, 0.717) is 6.04 Å². The number of halogens is 1. The predicted octanol–water partition coefficient (Wildman–Crippen LogP) is 4.10. The summed E-state index contributed by atoms with van der Waals surface area (Å²) in [5.41, 5.74) is 1.27. The van der Waals surface area contributed by atoms with Gasteiger partial charge in [-0.2, -0.15) is 11.8 Å². The average Bonchev–Trinajstić information content (AvgIpc) is 2.38. The van der Waals surface area contributed by atoms with Crippen molar-refractivity contribution in [2.45, 2.75) is 42.7 Å². The first-order chi connectivity index (χ1) is 8.29. The van der Waals surface area contributed by atoms with Crippen molar-refractivity contribution < 1.29 is 0 Å². The molecule has 0 aliphatic heterocycles. The van der Waals surface area contributed by atoms with Crippen LogP contribution in [0.1, 0.15) is 31.2 Å². The Morgan fingerprint density at radius 3 is 2.94 bits per heavy atom. The van der Waals surface area contributed by atoms with Gasteiger partial charge in [0, 0.05) is 22.1 Å². The van der Waals surface area contributed by atoms with Gasteiger partial charge in [-0.25, -0.2) is 0 Å². The molecule has 1 aliphatic carbocycles. The largest absolute Gasteiger partial charge is 0.317 e. The van der Waals surface area contributed by atoms with Gasteiger partial charge in [0.25, 0.3) is 0 Å². The van der Waals surface area contributed by atoms with Crippen LogP contribution in [0.4, 0.5) is 0 Å². The number of rotatable bonds is 4. The molecular weight excluding hydrogens is 250 g/mol. The molecule has 94 valence electrons. The third kappa shape index (κ3) is 3.90. The van der Waals surface area contributed by atoms with E-state index >= 15 is 0 Å². The van der Waals surface area contributed by atoms with Crippen LogP contribution in [0.25, 0.3) is 0 Å². The molecule has 0 aromatic heterocycles. The number of hydrogen-bond acceptors (Lipinski definition) is 2. The number of hydrogen-bond donors (Lipinski definition) is 1. The van der Waals surface area contributed by atoms with Crippen molar-refractivity contribution in [3.05, 3.63) is 34.9 Å². The van der Waals surface area contributed by atoms with Gasteiger partial charge in [0.1, 0.15) is 0 Å². The maximum Gasteiger partial charge on any atom is 0.0446 e. The summed E-state index contributed by atoms with van der Waals surface area (Å²) >= 11 is 8.23. The molecule has 0 heterocycles. The highest BCUT2D eigenvalue weighted by molar-refractivity contribution is 7.99. The summed E-state index contributed by atoms with van der Waals surface area (Å²) in [7, 11) is 2.08. The highest BCUT2D eigenvalue weighted by Crippen LogP contribution is 2.32. The van der Waals surface area contributed by atoms with Crippen molar-refractivity contribution in [3.63, 3.8) is 0 Å². The molecule has 1 saturated carbocycles. The molecule has 2 rings (SSSR count). The maximum absolute atomic E-state index is 6.17. The maximum atomic E-state index is 6.17. The zero-order valence-corrected chi connectivity index (χ0v) is 11.9. The van der Waals surface area contributed by atoms with Gasteiger partial charge in [0.2, 0.25) is 0 Å². The smallest absolute Gasteiger partial charge is 0.0446 e. The lowest BCUT2D eigenvalue weighted by atomic mass is 9.95. The molecule has 1 aromatic carbocycles. The van der Waals surface area contributed by atoms with Crippen LogP contribution in [0.2, 0.25) is 5.02 Å². The summed E-state index contributed by atoms with van der Waals surface area (Å²) < 4.78 is 0. The lowest BCUT2D eigenvalue weighted by Crippen LogP contribution is -2.32. The lowest BCUT2D eigenvalue weighted by molar-refractivity contribution is 0.402. The first-order valence-corrected chi connectivity index (χ1v) is 7.74. The molecule has 3 heteroatoms. The van der Waals surface area contributed by atoms with Crippen LogP contribution in [0.5, 0.6) is 0 Å². The first kappa shape index (κ1) is 13.3. The summed E-state index contributed by atoms with van der Waals surface area (Å²) in [6.45, 7) is 0. The molecule has 2 atom stereocenters. The average molecular weight is 270 g/mol. The van der Waals surface area contributed by atoms with Crippen molar-refractivity contribution in [2.24, 2.45) is 0 Å². The molecule has 0 bridgehead atoms. The topological polar surface area (TPSA) is 12.0 Å². The quantitative estimate of drug-likeness (QED) is 0.883. The Morgan fingerprint density at radius 1 is 1.35 bits per heavy atom. The monoisotopic (exact) mass is 269 g/mol. The molecule has 1 N–H and O–H groups in total. The van der Waals surface area contributed by atoms with Crippen molar-refractivity contribution in [1.82, 2.24) is 5.32 Å². The number of nitrogens with one attached hydrogen (secondary N) is 1. The number of thioether (sulfide) groups is 1. The molecule has 1 aliphatic rings. The van der Waals surface area contributed by atoms with Crippen molar-refractivity contribution >= 4 is 23.4 Å². The molecule has 1 nitrogen and oxygen atoms in total. The van der Waals surface area contributed by atoms with Gasteiger partial charge in [-0.3, -0.25) is 0 Å². The zero-order chi connectivity index (χ0) is 12.1. The van der Waals surface area contributed by atoms with E-state index < -0.39 is 0 Å². The normalized spacial score (nSPS) is 24.8. The Kier molecular flexibility index (Phi) is 5.20. The van der Waals surface area contributed by atoms with E-state index in [-0.39, 0.29) is 0 Å². The third-order valence-electron chi connectivity index (χ3n) is 3.47. The summed E-state index contributed by atoms with van der Waals surface area (Å²) in [5.74, 6) is 1.04. The van der Waals surface area contributed by atoms with Crippen molar-refractivity contribution in [3.8, 4) is 0 Å². The Morgan fingerprint density at radius 2 is 2.18 bits per heavy atom. The minimum atomic E-state index is 0.715. The summed E-state index contributed by atoms with van der Waals surface area (Å²) in [5, 5.41) is 5.10. The SMILES string of the molecule is CNC1CCCC(SCc2ccccc2Cl)C1. The Hall–Kier alpha value is -0.180. The van der Waals surface area contributed by atoms with Crippen LogP contribution in [0, 0.1) is 0 Å². The standard InChI is InChI=1S/C14H20ClNS/c1-16-12-6-4-7-13(9-12)17-10-11-5-2-3-8-14(11)15/h2-3,5,8,12-13,16H,4,6-7,9-10H2,1H3. The van der Waals surface area contributed by atoms with E-state index in [1.807, 2.05) is 12.1 Å². The van der Waals surface area contributed by atoms with E-state index in [2.05, 4.69) is 36.3 Å². The van der Waals surface area contributed by atoms with Gasteiger partial charge in [0.15, 0.2) is 0 Å². The van der Waals surface area contributed by atoms with E-state index in [9.17, 15) is 0 Å². The van der Waals surface area contributed by atoms with Gasteiger partial charge in [-0.15, -0.1) is 0 Å². The lowest BCUT2D eigenvalue weighted by Gasteiger charge is -2.28. The van der Waals surface area contributed by atoms with Gasteiger partial charge in [-0.05, 0) is 37.9 Å². The van der Waals surface area contributed by atoms with E-state index in [4.69, 9.17) is 11.6 Å². The molecule has 1 fully saturated rings. The molecule has 0 radical (unpaired) electrons. The molecule has 1 aromatic rings. The zero-order valence-electron chi connectivity index (χ0n) is 10.3. The fourth-order valence-electron chi connectivity index (χ4n) is 2.38. The molecule has 17 heavy (non-hydrogen) atoms. The molecule has 0 amide bonds. The summed E-state index contributed by atoms with van der Waals surface area (Å²) in [6, 6.07) is 8.89. The second kappa shape index (κ2) is 6.67. The second-order valence-corrected chi connectivity index (χ2v) is 6.37. The Bertz CT molecular complexity index is 356. The fourth-order valence-corrected chi connectivity index (χ4v) is 4.03.